The molecule has 0 radical (unpaired) electrons. The first-order valence-electron chi connectivity index (χ1n) is 7.23. The number of rotatable bonds is 7. The number of carboxylic acids is 1. The van der Waals surface area contributed by atoms with Gasteiger partial charge in [-0.2, -0.15) is 0 Å². The SMILES string of the molecule is CCN(CC)C(=O)CNC(=O)CC1(C(=O)O)CCCC1. The summed E-state index contributed by atoms with van der Waals surface area (Å²) in [5, 5.41) is 11.8. The van der Waals surface area contributed by atoms with Crippen LogP contribution in [0, 0.1) is 5.41 Å². The molecular formula is C14H24N2O4. The highest BCUT2D eigenvalue weighted by Crippen LogP contribution is 2.41. The number of likely N-dealkylation sites (N-methyl/N-ethyl adjacent to an activating group) is 1. The van der Waals surface area contributed by atoms with E-state index in [0.29, 0.717) is 25.9 Å². The molecule has 1 fully saturated rings. The van der Waals surface area contributed by atoms with Gasteiger partial charge in [-0.05, 0) is 26.7 Å². The van der Waals surface area contributed by atoms with E-state index in [1.165, 1.54) is 0 Å². The zero-order valence-electron chi connectivity index (χ0n) is 12.3. The third-order valence-electron chi connectivity index (χ3n) is 4.07. The first-order valence-corrected chi connectivity index (χ1v) is 7.23. The summed E-state index contributed by atoms with van der Waals surface area (Å²) < 4.78 is 0. The van der Waals surface area contributed by atoms with Gasteiger partial charge in [-0.25, -0.2) is 0 Å². The minimum absolute atomic E-state index is 0.0339. The zero-order valence-corrected chi connectivity index (χ0v) is 12.3. The maximum absolute atomic E-state index is 11.9. The third kappa shape index (κ3) is 3.95. The van der Waals surface area contributed by atoms with Gasteiger partial charge in [-0.1, -0.05) is 12.8 Å². The summed E-state index contributed by atoms with van der Waals surface area (Å²) in [7, 11) is 0. The average molecular weight is 284 g/mol. The van der Waals surface area contributed by atoms with Gasteiger partial charge in [0.15, 0.2) is 0 Å². The molecule has 2 N–H and O–H groups in total. The van der Waals surface area contributed by atoms with Crippen LogP contribution in [0.15, 0.2) is 0 Å². The number of carbonyl (C=O) groups is 3. The van der Waals surface area contributed by atoms with Crippen molar-refractivity contribution in [2.24, 2.45) is 5.41 Å². The molecule has 20 heavy (non-hydrogen) atoms. The molecule has 2 amide bonds. The van der Waals surface area contributed by atoms with Gasteiger partial charge in [0.2, 0.25) is 11.8 Å². The summed E-state index contributed by atoms with van der Waals surface area (Å²) in [6, 6.07) is 0. The van der Waals surface area contributed by atoms with Crippen LogP contribution in [0.25, 0.3) is 0 Å². The second-order valence-corrected chi connectivity index (χ2v) is 5.31. The largest absolute Gasteiger partial charge is 0.481 e. The van der Waals surface area contributed by atoms with Gasteiger partial charge in [-0.15, -0.1) is 0 Å². The molecule has 1 aliphatic carbocycles. The number of aliphatic carboxylic acids is 1. The zero-order chi connectivity index (χ0) is 15.2. The van der Waals surface area contributed by atoms with Crippen molar-refractivity contribution in [1.29, 1.82) is 0 Å². The molecule has 0 bridgehead atoms. The van der Waals surface area contributed by atoms with Crippen LogP contribution in [-0.2, 0) is 14.4 Å². The molecule has 0 heterocycles. The molecule has 0 aromatic rings. The molecule has 1 saturated carbocycles. The fourth-order valence-corrected chi connectivity index (χ4v) is 2.75. The molecule has 0 saturated heterocycles. The highest BCUT2D eigenvalue weighted by molar-refractivity contribution is 5.88. The quantitative estimate of drug-likeness (QED) is 0.730. The number of hydrogen-bond donors (Lipinski definition) is 2. The number of carboxylic acid groups (broad SMARTS) is 1. The second-order valence-electron chi connectivity index (χ2n) is 5.31. The van der Waals surface area contributed by atoms with Crippen LogP contribution in [-0.4, -0.2) is 47.4 Å². The van der Waals surface area contributed by atoms with Gasteiger partial charge in [-0.3, -0.25) is 14.4 Å². The van der Waals surface area contributed by atoms with E-state index >= 15 is 0 Å². The van der Waals surface area contributed by atoms with Crippen LogP contribution in [0.2, 0.25) is 0 Å². The van der Waals surface area contributed by atoms with E-state index in [1.807, 2.05) is 13.8 Å². The maximum atomic E-state index is 11.9. The normalized spacial score (nSPS) is 16.7. The fraction of sp³-hybridized carbons (Fsp3) is 0.786. The molecule has 6 nitrogen and oxygen atoms in total. The molecule has 1 rings (SSSR count). The van der Waals surface area contributed by atoms with E-state index in [0.717, 1.165) is 12.8 Å². The van der Waals surface area contributed by atoms with Gasteiger partial charge < -0.3 is 15.3 Å². The van der Waals surface area contributed by atoms with E-state index in [2.05, 4.69) is 5.32 Å². The monoisotopic (exact) mass is 284 g/mol. The fourth-order valence-electron chi connectivity index (χ4n) is 2.75. The topological polar surface area (TPSA) is 86.7 Å². The molecule has 0 aromatic carbocycles. The third-order valence-corrected chi connectivity index (χ3v) is 4.07. The van der Waals surface area contributed by atoms with Crippen LogP contribution in [0.3, 0.4) is 0 Å². The van der Waals surface area contributed by atoms with E-state index < -0.39 is 11.4 Å². The molecule has 0 aliphatic heterocycles. The first kappa shape index (κ1) is 16.5. The highest BCUT2D eigenvalue weighted by Gasteiger charge is 2.42. The van der Waals surface area contributed by atoms with Crippen LogP contribution in [0.5, 0.6) is 0 Å². The molecule has 6 heteroatoms. The van der Waals surface area contributed by atoms with Crippen LogP contribution >= 0.6 is 0 Å². The second kappa shape index (κ2) is 7.26. The molecule has 0 unspecified atom stereocenters. The molecule has 0 aromatic heterocycles. The van der Waals surface area contributed by atoms with Crippen molar-refractivity contribution in [3.05, 3.63) is 0 Å². The minimum Gasteiger partial charge on any atom is -0.481 e. The Hall–Kier alpha value is -1.59. The molecule has 114 valence electrons. The summed E-state index contributed by atoms with van der Waals surface area (Å²) in [6.07, 6.45) is 2.74. The summed E-state index contributed by atoms with van der Waals surface area (Å²) in [5.41, 5.74) is -0.928. The Labute approximate surface area is 119 Å². The smallest absolute Gasteiger partial charge is 0.310 e. The number of hydrogen-bond acceptors (Lipinski definition) is 3. The van der Waals surface area contributed by atoms with Crippen molar-refractivity contribution in [3.63, 3.8) is 0 Å². The number of nitrogens with zero attached hydrogens (tertiary/aromatic N) is 1. The lowest BCUT2D eigenvalue weighted by Gasteiger charge is -2.23. The minimum atomic E-state index is -0.928. The first-order chi connectivity index (χ1) is 9.45. The maximum Gasteiger partial charge on any atom is 0.310 e. The van der Waals surface area contributed by atoms with E-state index in [4.69, 9.17) is 0 Å². The Morgan fingerprint density at radius 3 is 2.15 bits per heavy atom. The van der Waals surface area contributed by atoms with E-state index in [-0.39, 0.29) is 24.8 Å². The highest BCUT2D eigenvalue weighted by atomic mass is 16.4. The predicted octanol–water partition coefficient (Wildman–Crippen LogP) is 1.01. The number of carbonyl (C=O) groups excluding carboxylic acids is 2. The van der Waals surface area contributed by atoms with Gasteiger partial charge in [0.05, 0.1) is 12.0 Å². The lowest BCUT2D eigenvalue weighted by atomic mass is 9.82. The Bertz CT molecular complexity index is 371. The molecule has 0 atom stereocenters. The summed E-state index contributed by atoms with van der Waals surface area (Å²) in [5.74, 6) is -1.39. The van der Waals surface area contributed by atoms with Crippen molar-refractivity contribution in [2.75, 3.05) is 19.6 Å². The molecular weight excluding hydrogens is 260 g/mol. The predicted molar refractivity (Wildman–Crippen MR) is 74.1 cm³/mol. The number of nitrogens with one attached hydrogen (secondary N) is 1. The standard InChI is InChI=1S/C14H24N2O4/c1-3-16(4-2)12(18)10-15-11(17)9-14(13(19)20)7-5-6-8-14/h3-10H2,1-2H3,(H,15,17)(H,19,20). The van der Waals surface area contributed by atoms with Crippen LogP contribution < -0.4 is 5.32 Å². The lowest BCUT2D eigenvalue weighted by Crippen LogP contribution is -2.42. The van der Waals surface area contributed by atoms with Gasteiger partial charge >= 0.3 is 5.97 Å². The summed E-state index contributed by atoms with van der Waals surface area (Å²) in [4.78, 5) is 36.6. The van der Waals surface area contributed by atoms with Gasteiger partial charge in [0, 0.05) is 19.5 Å². The van der Waals surface area contributed by atoms with Crippen molar-refractivity contribution in [2.45, 2.75) is 46.0 Å². The Morgan fingerprint density at radius 2 is 1.70 bits per heavy atom. The Morgan fingerprint density at radius 1 is 1.15 bits per heavy atom. The van der Waals surface area contributed by atoms with Gasteiger partial charge in [0.25, 0.3) is 0 Å². The summed E-state index contributed by atoms with van der Waals surface area (Å²) >= 11 is 0. The van der Waals surface area contributed by atoms with E-state index in [9.17, 15) is 19.5 Å². The summed E-state index contributed by atoms with van der Waals surface area (Å²) in [6.45, 7) is 4.90. The van der Waals surface area contributed by atoms with Crippen LogP contribution in [0.4, 0.5) is 0 Å². The van der Waals surface area contributed by atoms with Crippen molar-refractivity contribution in [3.8, 4) is 0 Å². The number of amides is 2. The van der Waals surface area contributed by atoms with E-state index in [1.54, 1.807) is 4.90 Å². The molecule has 0 spiro atoms. The lowest BCUT2D eigenvalue weighted by molar-refractivity contribution is -0.151. The van der Waals surface area contributed by atoms with Gasteiger partial charge in [0.1, 0.15) is 0 Å². The Kier molecular flexibility index (Phi) is 5.98. The van der Waals surface area contributed by atoms with Crippen molar-refractivity contribution in [1.82, 2.24) is 10.2 Å². The van der Waals surface area contributed by atoms with Crippen LogP contribution in [0.1, 0.15) is 46.0 Å². The van der Waals surface area contributed by atoms with Crippen molar-refractivity contribution < 1.29 is 19.5 Å². The average Bonchev–Trinajstić information content (AvgIpc) is 2.87. The van der Waals surface area contributed by atoms with Crippen molar-refractivity contribution >= 4 is 17.8 Å². The molecule has 1 aliphatic rings. The Balaban J connectivity index is 2.47.